The molecule has 0 spiro atoms. The first-order valence-electron chi connectivity index (χ1n) is 8.63. The molecule has 4 nitrogen and oxygen atoms in total. The average Bonchev–Trinajstić information content (AvgIpc) is 3.13. The molecule has 0 bridgehead atoms. The van der Waals surface area contributed by atoms with Crippen LogP contribution in [0.5, 0.6) is 11.5 Å². The zero-order chi connectivity index (χ0) is 18.0. The lowest BCUT2D eigenvalue weighted by atomic mass is 10.0. The number of ketones is 1. The standard InChI is InChI=1S/C20H23NO3S/c1-4-5-9-21(3)12-15-16(22)7-6-14-19(23)17(24-20(14)15)11-18-13(2)8-10-25-18/h6-8,10-11,22H,4-5,9,12H2,1-3H3. The van der Waals surface area contributed by atoms with Crippen molar-refractivity contribution in [3.63, 3.8) is 0 Å². The van der Waals surface area contributed by atoms with Crippen molar-refractivity contribution in [2.75, 3.05) is 13.6 Å². The van der Waals surface area contributed by atoms with Gasteiger partial charge >= 0.3 is 0 Å². The number of aryl methyl sites for hydroxylation is 1. The lowest BCUT2D eigenvalue weighted by Crippen LogP contribution is -3.07. The zero-order valence-electron chi connectivity index (χ0n) is 14.8. The number of carbonyl (C=O) groups is 1. The highest BCUT2D eigenvalue weighted by Crippen LogP contribution is 2.38. The fourth-order valence-corrected chi connectivity index (χ4v) is 3.82. The van der Waals surface area contributed by atoms with Gasteiger partial charge in [-0.15, -0.1) is 11.3 Å². The van der Waals surface area contributed by atoms with E-state index in [2.05, 4.69) is 14.0 Å². The minimum Gasteiger partial charge on any atom is -0.872 e. The van der Waals surface area contributed by atoms with Gasteiger partial charge in [-0.25, -0.2) is 0 Å². The Bertz CT molecular complexity index is 822. The first-order valence-corrected chi connectivity index (χ1v) is 9.51. The molecule has 0 saturated carbocycles. The summed E-state index contributed by atoms with van der Waals surface area (Å²) in [7, 11) is 2.07. The quantitative estimate of drug-likeness (QED) is 0.809. The van der Waals surface area contributed by atoms with Crippen LogP contribution in [-0.4, -0.2) is 19.4 Å². The molecule has 1 aliphatic heterocycles. The van der Waals surface area contributed by atoms with Crippen LogP contribution in [0.25, 0.3) is 6.08 Å². The van der Waals surface area contributed by atoms with E-state index in [9.17, 15) is 9.90 Å². The number of allylic oxidation sites excluding steroid dienone is 1. The average molecular weight is 357 g/mol. The molecule has 25 heavy (non-hydrogen) atoms. The number of unbranched alkanes of at least 4 members (excludes halogenated alkanes) is 1. The van der Waals surface area contributed by atoms with Crippen molar-refractivity contribution in [2.24, 2.45) is 0 Å². The van der Waals surface area contributed by atoms with Gasteiger partial charge in [0.2, 0.25) is 5.78 Å². The third kappa shape index (κ3) is 3.62. The van der Waals surface area contributed by atoms with Crippen LogP contribution in [-0.2, 0) is 6.54 Å². The van der Waals surface area contributed by atoms with E-state index in [-0.39, 0.29) is 11.5 Å². The van der Waals surface area contributed by atoms with Gasteiger partial charge in [0.15, 0.2) is 5.76 Å². The van der Waals surface area contributed by atoms with Crippen molar-refractivity contribution < 1.29 is 19.5 Å². The minimum atomic E-state index is -0.143. The number of carbonyl (C=O) groups excluding carboxylic acids is 1. The molecule has 1 N–H and O–H groups in total. The number of fused-ring (bicyclic) bond motifs is 1. The van der Waals surface area contributed by atoms with Crippen LogP contribution in [0, 0.1) is 6.92 Å². The monoisotopic (exact) mass is 357 g/mol. The topological polar surface area (TPSA) is 53.8 Å². The van der Waals surface area contributed by atoms with Crippen LogP contribution >= 0.6 is 11.3 Å². The molecule has 0 radical (unpaired) electrons. The molecular weight excluding hydrogens is 334 g/mol. The molecule has 2 aromatic rings. The Morgan fingerprint density at radius 3 is 2.80 bits per heavy atom. The maximum atomic E-state index is 12.7. The highest BCUT2D eigenvalue weighted by atomic mass is 32.1. The Balaban J connectivity index is 1.91. The van der Waals surface area contributed by atoms with E-state index in [1.54, 1.807) is 23.5 Å². The third-order valence-corrected chi connectivity index (χ3v) is 5.46. The van der Waals surface area contributed by atoms with Gasteiger partial charge in [0.05, 0.1) is 19.2 Å². The molecule has 5 heteroatoms. The van der Waals surface area contributed by atoms with Crippen molar-refractivity contribution >= 4 is 23.2 Å². The second-order valence-electron chi connectivity index (χ2n) is 6.56. The Labute approximate surface area is 152 Å². The Hall–Kier alpha value is -2.11. The fraction of sp³-hybridized carbons (Fsp3) is 0.350. The first-order chi connectivity index (χ1) is 12.0. The molecule has 2 heterocycles. The Morgan fingerprint density at radius 1 is 1.32 bits per heavy atom. The van der Waals surface area contributed by atoms with E-state index in [1.165, 1.54) is 11.0 Å². The highest BCUT2D eigenvalue weighted by Gasteiger charge is 2.30. The molecular formula is C20H23NO3S. The molecule has 1 atom stereocenters. The highest BCUT2D eigenvalue weighted by molar-refractivity contribution is 7.11. The van der Waals surface area contributed by atoms with Crippen LogP contribution in [0.4, 0.5) is 0 Å². The van der Waals surface area contributed by atoms with E-state index in [0.29, 0.717) is 29.2 Å². The molecule has 1 unspecified atom stereocenters. The van der Waals surface area contributed by atoms with Crippen LogP contribution in [0.2, 0.25) is 0 Å². The number of ether oxygens (including phenoxy) is 1. The van der Waals surface area contributed by atoms with Crippen molar-refractivity contribution in [2.45, 2.75) is 33.2 Å². The number of rotatable bonds is 6. The Kier molecular flexibility index (Phi) is 5.25. The summed E-state index contributed by atoms with van der Waals surface area (Å²) in [6.07, 6.45) is 4.01. The molecule has 1 aromatic heterocycles. The van der Waals surface area contributed by atoms with Gasteiger partial charge in [0.1, 0.15) is 12.3 Å². The SMILES string of the molecule is CCCC[NH+](C)Cc1c([O-])ccc2c1OC(=Cc1sccc1C)C2=O. The lowest BCUT2D eigenvalue weighted by molar-refractivity contribution is -0.894. The van der Waals surface area contributed by atoms with Gasteiger partial charge in [-0.1, -0.05) is 25.2 Å². The lowest BCUT2D eigenvalue weighted by Gasteiger charge is -2.20. The molecule has 1 aromatic carbocycles. The van der Waals surface area contributed by atoms with Gasteiger partial charge < -0.3 is 14.7 Å². The van der Waals surface area contributed by atoms with Crippen molar-refractivity contribution in [1.29, 1.82) is 0 Å². The number of hydrogen-bond acceptors (Lipinski definition) is 4. The van der Waals surface area contributed by atoms with Crippen LogP contribution in [0.3, 0.4) is 0 Å². The smallest absolute Gasteiger partial charge is 0.232 e. The van der Waals surface area contributed by atoms with Gasteiger partial charge in [-0.3, -0.25) is 4.79 Å². The normalized spacial score (nSPS) is 16.1. The summed E-state index contributed by atoms with van der Waals surface area (Å²) in [5.74, 6) is 0.554. The molecule has 3 rings (SSSR count). The second-order valence-corrected chi connectivity index (χ2v) is 7.51. The van der Waals surface area contributed by atoms with Crippen molar-refractivity contribution in [1.82, 2.24) is 0 Å². The largest absolute Gasteiger partial charge is 0.872 e. The summed E-state index contributed by atoms with van der Waals surface area (Å²) in [5.41, 5.74) is 2.21. The number of hydrogen-bond donors (Lipinski definition) is 1. The van der Waals surface area contributed by atoms with Crippen molar-refractivity contribution in [3.8, 4) is 11.5 Å². The van der Waals surface area contributed by atoms with Gasteiger partial charge in [0, 0.05) is 16.5 Å². The predicted molar refractivity (Wildman–Crippen MR) is 98.2 cm³/mol. The van der Waals surface area contributed by atoms with Crippen LogP contribution in [0.15, 0.2) is 29.3 Å². The number of thiophene rings is 1. The van der Waals surface area contributed by atoms with Gasteiger partial charge in [-0.05, 0) is 36.4 Å². The van der Waals surface area contributed by atoms with E-state index < -0.39 is 0 Å². The van der Waals surface area contributed by atoms with E-state index in [1.807, 2.05) is 18.4 Å². The predicted octanol–water partition coefficient (Wildman–Crippen LogP) is 2.56. The van der Waals surface area contributed by atoms with E-state index in [4.69, 9.17) is 4.74 Å². The summed E-state index contributed by atoms with van der Waals surface area (Å²) in [4.78, 5) is 14.9. The van der Waals surface area contributed by atoms with Gasteiger partial charge in [-0.2, -0.15) is 0 Å². The molecule has 1 aliphatic rings. The Morgan fingerprint density at radius 2 is 2.12 bits per heavy atom. The minimum absolute atomic E-state index is 0.0593. The van der Waals surface area contributed by atoms with Crippen LogP contribution in [0.1, 0.15) is 46.1 Å². The third-order valence-electron chi connectivity index (χ3n) is 4.50. The fourth-order valence-electron chi connectivity index (χ4n) is 2.98. The molecule has 0 aliphatic carbocycles. The van der Waals surface area contributed by atoms with E-state index >= 15 is 0 Å². The summed E-state index contributed by atoms with van der Waals surface area (Å²) in [6.45, 7) is 5.71. The van der Waals surface area contributed by atoms with Crippen molar-refractivity contribution in [3.05, 3.63) is 50.9 Å². The maximum absolute atomic E-state index is 12.7. The molecule has 132 valence electrons. The summed E-state index contributed by atoms with van der Waals surface area (Å²) < 4.78 is 5.87. The molecule has 0 amide bonds. The number of Topliss-reactive ketones (excluding diaryl/α,β-unsaturated/α-hetero) is 1. The summed E-state index contributed by atoms with van der Waals surface area (Å²) in [5, 5.41) is 14.3. The summed E-state index contributed by atoms with van der Waals surface area (Å²) in [6, 6.07) is 5.09. The maximum Gasteiger partial charge on any atom is 0.232 e. The summed E-state index contributed by atoms with van der Waals surface area (Å²) >= 11 is 1.57. The first kappa shape index (κ1) is 17.7. The molecule has 0 saturated heterocycles. The van der Waals surface area contributed by atoms with E-state index in [0.717, 1.165) is 29.8 Å². The number of quaternary nitrogens is 1. The van der Waals surface area contributed by atoms with Crippen LogP contribution < -0.4 is 14.7 Å². The number of nitrogens with one attached hydrogen (secondary N) is 1. The molecule has 0 fully saturated rings. The zero-order valence-corrected chi connectivity index (χ0v) is 15.7. The number of benzene rings is 1. The van der Waals surface area contributed by atoms with Gasteiger partial charge in [0.25, 0.3) is 0 Å². The second kappa shape index (κ2) is 7.42.